The van der Waals surface area contributed by atoms with Gasteiger partial charge < -0.3 is 10.2 Å². The Morgan fingerprint density at radius 2 is 1.93 bits per heavy atom. The van der Waals surface area contributed by atoms with Crippen LogP contribution >= 0.6 is 11.8 Å². The summed E-state index contributed by atoms with van der Waals surface area (Å²) in [6, 6.07) is 16.6. The Labute approximate surface area is 168 Å². The fourth-order valence-electron chi connectivity index (χ4n) is 3.45. The molecule has 1 atom stereocenters. The highest BCUT2D eigenvalue weighted by Gasteiger charge is 2.35. The molecule has 1 fully saturated rings. The maximum absolute atomic E-state index is 13.3. The number of carbonyl (C=O) groups is 2. The van der Waals surface area contributed by atoms with Gasteiger partial charge >= 0.3 is 0 Å². The van der Waals surface area contributed by atoms with E-state index in [1.807, 2.05) is 68.4 Å². The molecular formula is C22H21N3O2S. The van der Waals surface area contributed by atoms with Crippen molar-refractivity contribution in [1.29, 1.82) is 0 Å². The number of thioether (sulfide) groups is 1. The van der Waals surface area contributed by atoms with E-state index in [1.54, 1.807) is 16.7 Å². The predicted molar refractivity (Wildman–Crippen MR) is 114 cm³/mol. The molecule has 3 aromatic rings. The van der Waals surface area contributed by atoms with Crippen molar-refractivity contribution in [1.82, 2.24) is 9.88 Å². The number of para-hydroxylation sites is 1. The number of rotatable bonds is 3. The Kier molecular flexibility index (Phi) is 5.05. The molecule has 0 radical (unpaired) electrons. The molecule has 1 aromatic heterocycles. The molecule has 0 bridgehead atoms. The maximum Gasteiger partial charge on any atom is 0.256 e. The quantitative estimate of drug-likeness (QED) is 0.733. The average molecular weight is 391 g/mol. The first-order valence-electron chi connectivity index (χ1n) is 9.15. The van der Waals surface area contributed by atoms with Gasteiger partial charge in [0.25, 0.3) is 5.91 Å². The first-order valence-corrected chi connectivity index (χ1v) is 10.3. The highest BCUT2D eigenvalue weighted by Crippen LogP contribution is 2.27. The molecular weight excluding hydrogens is 370 g/mol. The van der Waals surface area contributed by atoms with E-state index >= 15 is 0 Å². The molecule has 1 N–H and O–H groups in total. The highest BCUT2D eigenvalue weighted by molar-refractivity contribution is 7.99. The number of hydrogen-bond donors (Lipinski definition) is 1. The number of amides is 2. The predicted octanol–water partition coefficient (Wildman–Crippen LogP) is 4.01. The van der Waals surface area contributed by atoms with E-state index in [0.717, 1.165) is 27.8 Å². The van der Waals surface area contributed by atoms with E-state index in [2.05, 4.69) is 10.3 Å². The summed E-state index contributed by atoms with van der Waals surface area (Å²) in [5.41, 5.74) is 4.00. The summed E-state index contributed by atoms with van der Waals surface area (Å²) >= 11 is 1.59. The van der Waals surface area contributed by atoms with Crippen LogP contribution < -0.4 is 5.32 Å². The number of aromatic nitrogens is 1. The lowest BCUT2D eigenvalue weighted by molar-refractivity contribution is -0.119. The number of nitrogens with zero attached hydrogens (tertiary/aromatic N) is 2. The van der Waals surface area contributed by atoms with Gasteiger partial charge in [0.1, 0.15) is 6.04 Å². The third-order valence-electron chi connectivity index (χ3n) is 4.81. The number of fused-ring (bicyclic) bond motifs is 1. The summed E-state index contributed by atoms with van der Waals surface area (Å²) in [4.78, 5) is 32.4. The number of nitrogens with one attached hydrogen (secondary N) is 1. The van der Waals surface area contributed by atoms with Crippen molar-refractivity contribution in [2.24, 2.45) is 0 Å². The summed E-state index contributed by atoms with van der Waals surface area (Å²) in [5.74, 6) is 0.807. The van der Waals surface area contributed by atoms with Gasteiger partial charge in [0.15, 0.2) is 0 Å². The average Bonchev–Trinajstić information content (AvgIpc) is 3.16. The molecule has 4 rings (SSSR count). The summed E-state index contributed by atoms with van der Waals surface area (Å²) in [6.07, 6.45) is 0. The van der Waals surface area contributed by atoms with Crippen LogP contribution in [0.1, 0.15) is 21.6 Å². The fraction of sp³-hybridized carbons (Fsp3) is 0.227. The van der Waals surface area contributed by atoms with Crippen LogP contribution in [-0.2, 0) is 4.79 Å². The van der Waals surface area contributed by atoms with Gasteiger partial charge in [-0.3, -0.25) is 14.6 Å². The zero-order valence-corrected chi connectivity index (χ0v) is 16.6. The zero-order chi connectivity index (χ0) is 19.7. The smallest absolute Gasteiger partial charge is 0.256 e. The standard InChI is InChI=1S/C22H21N3O2S/c1-14-6-5-7-16(10-14)24-21(26)20-12-28-13-25(20)22(27)18-11-15(2)23-19-9-4-3-8-17(18)19/h3-11,20H,12-13H2,1-2H3,(H,24,26). The van der Waals surface area contributed by atoms with E-state index in [0.29, 0.717) is 17.2 Å². The summed E-state index contributed by atoms with van der Waals surface area (Å²) in [7, 11) is 0. The minimum atomic E-state index is -0.495. The fourth-order valence-corrected chi connectivity index (χ4v) is 4.60. The Balaban J connectivity index is 1.61. The Bertz CT molecular complexity index is 1070. The number of pyridine rings is 1. The van der Waals surface area contributed by atoms with E-state index in [4.69, 9.17) is 0 Å². The van der Waals surface area contributed by atoms with Crippen LogP contribution in [0.5, 0.6) is 0 Å². The van der Waals surface area contributed by atoms with Crippen molar-refractivity contribution < 1.29 is 9.59 Å². The molecule has 2 amide bonds. The molecule has 1 aliphatic rings. The minimum Gasteiger partial charge on any atom is -0.324 e. The van der Waals surface area contributed by atoms with E-state index in [1.165, 1.54) is 0 Å². The van der Waals surface area contributed by atoms with Gasteiger partial charge in [0, 0.05) is 22.5 Å². The van der Waals surface area contributed by atoms with Crippen molar-refractivity contribution in [3.8, 4) is 0 Å². The van der Waals surface area contributed by atoms with Crippen LogP contribution in [0.4, 0.5) is 5.69 Å². The van der Waals surface area contributed by atoms with Gasteiger partial charge in [-0.1, -0.05) is 30.3 Å². The SMILES string of the molecule is Cc1cccc(NC(=O)C2CSCN2C(=O)c2cc(C)nc3ccccc23)c1. The number of hydrogen-bond acceptors (Lipinski definition) is 4. The van der Waals surface area contributed by atoms with Crippen molar-refractivity contribution in [2.45, 2.75) is 19.9 Å². The van der Waals surface area contributed by atoms with Crippen LogP contribution in [0.25, 0.3) is 10.9 Å². The van der Waals surface area contributed by atoms with E-state index in [9.17, 15) is 9.59 Å². The number of carbonyl (C=O) groups excluding carboxylic acids is 2. The largest absolute Gasteiger partial charge is 0.324 e. The van der Waals surface area contributed by atoms with Crippen LogP contribution in [0.3, 0.4) is 0 Å². The monoisotopic (exact) mass is 391 g/mol. The summed E-state index contributed by atoms with van der Waals surface area (Å²) < 4.78 is 0. The molecule has 1 aliphatic heterocycles. The second-order valence-electron chi connectivity index (χ2n) is 6.98. The molecule has 2 aromatic carbocycles. The van der Waals surface area contributed by atoms with E-state index in [-0.39, 0.29) is 11.8 Å². The first-order chi connectivity index (χ1) is 13.5. The molecule has 1 saturated heterocycles. The lowest BCUT2D eigenvalue weighted by Crippen LogP contribution is -2.44. The molecule has 2 heterocycles. The highest BCUT2D eigenvalue weighted by atomic mass is 32.2. The van der Waals surface area contributed by atoms with Gasteiger partial charge in [0.2, 0.25) is 5.91 Å². The lowest BCUT2D eigenvalue weighted by Gasteiger charge is -2.24. The normalized spacial score (nSPS) is 16.4. The molecule has 6 heteroatoms. The van der Waals surface area contributed by atoms with Crippen LogP contribution in [0.15, 0.2) is 54.6 Å². The van der Waals surface area contributed by atoms with Crippen LogP contribution in [0, 0.1) is 13.8 Å². The third kappa shape index (κ3) is 3.60. The molecule has 0 spiro atoms. The summed E-state index contributed by atoms with van der Waals surface area (Å²) in [5, 5.41) is 3.76. The Hall–Kier alpha value is -2.86. The van der Waals surface area contributed by atoms with Gasteiger partial charge in [0.05, 0.1) is 17.0 Å². The molecule has 0 aliphatic carbocycles. The Morgan fingerprint density at radius 1 is 1.11 bits per heavy atom. The number of anilines is 1. The van der Waals surface area contributed by atoms with Crippen LogP contribution in [0.2, 0.25) is 0 Å². The maximum atomic E-state index is 13.3. The molecule has 5 nitrogen and oxygen atoms in total. The molecule has 0 saturated carbocycles. The van der Waals surface area contributed by atoms with Crippen molar-refractivity contribution in [2.75, 3.05) is 16.9 Å². The van der Waals surface area contributed by atoms with Crippen LogP contribution in [-0.4, -0.2) is 39.4 Å². The van der Waals surface area contributed by atoms with Gasteiger partial charge in [-0.2, -0.15) is 0 Å². The minimum absolute atomic E-state index is 0.129. The number of aryl methyl sites for hydroxylation is 2. The van der Waals surface area contributed by atoms with Gasteiger partial charge in [-0.25, -0.2) is 0 Å². The van der Waals surface area contributed by atoms with Crippen molar-refractivity contribution >= 4 is 40.2 Å². The second-order valence-corrected chi connectivity index (χ2v) is 7.98. The van der Waals surface area contributed by atoms with Crippen molar-refractivity contribution in [3.63, 3.8) is 0 Å². The zero-order valence-electron chi connectivity index (χ0n) is 15.8. The first kappa shape index (κ1) is 18.5. The van der Waals surface area contributed by atoms with Crippen molar-refractivity contribution in [3.05, 3.63) is 71.4 Å². The lowest BCUT2D eigenvalue weighted by atomic mass is 10.1. The molecule has 1 unspecified atom stereocenters. The topological polar surface area (TPSA) is 62.3 Å². The second kappa shape index (κ2) is 7.64. The number of benzene rings is 2. The third-order valence-corrected chi connectivity index (χ3v) is 5.82. The van der Waals surface area contributed by atoms with Gasteiger partial charge in [-0.15, -0.1) is 11.8 Å². The Morgan fingerprint density at radius 3 is 2.75 bits per heavy atom. The van der Waals surface area contributed by atoms with E-state index < -0.39 is 6.04 Å². The van der Waals surface area contributed by atoms with Gasteiger partial charge in [-0.05, 0) is 43.7 Å². The summed E-state index contributed by atoms with van der Waals surface area (Å²) in [6.45, 7) is 3.86. The molecule has 28 heavy (non-hydrogen) atoms. The molecule has 142 valence electrons.